The SMILES string of the molecule is CN(C)C(=O)c1cc2n(n1)CCCN(c1nc(OC[C@@]34CCCN3C[C@H](F)C4)nc3c1COC1(C3)CC3CC3c3ccc(N)cc31)C2. The molecule has 4 aliphatic heterocycles. The Morgan fingerprint density at radius 3 is 2.94 bits per heavy atom. The lowest BCUT2D eigenvalue weighted by molar-refractivity contribution is -0.0875. The Kier molecular flexibility index (Phi) is 6.64. The number of nitrogens with zero attached hydrogens (tertiary/aromatic N) is 7. The summed E-state index contributed by atoms with van der Waals surface area (Å²) in [7, 11) is 3.49. The average Bonchev–Trinajstić information content (AvgIpc) is 3.47. The molecule has 5 atom stereocenters. The van der Waals surface area contributed by atoms with Crippen LogP contribution in [0, 0.1) is 5.92 Å². The van der Waals surface area contributed by atoms with Crippen LogP contribution in [0.3, 0.4) is 0 Å². The van der Waals surface area contributed by atoms with Crippen LogP contribution in [0.1, 0.15) is 83.0 Å². The highest BCUT2D eigenvalue weighted by Crippen LogP contribution is 2.62. The van der Waals surface area contributed by atoms with E-state index >= 15 is 0 Å². The number of alkyl halides is 1. The van der Waals surface area contributed by atoms with Crippen LogP contribution >= 0.6 is 0 Å². The van der Waals surface area contributed by atoms with Gasteiger partial charge in [-0.1, -0.05) is 6.07 Å². The molecule has 3 unspecified atom stereocenters. The Bertz CT molecular complexity index is 1760. The zero-order valence-corrected chi connectivity index (χ0v) is 27.3. The van der Waals surface area contributed by atoms with Gasteiger partial charge in [-0.3, -0.25) is 14.4 Å². The summed E-state index contributed by atoms with van der Waals surface area (Å²) < 4.78 is 30.0. The molecule has 47 heavy (non-hydrogen) atoms. The summed E-state index contributed by atoms with van der Waals surface area (Å²) in [4.78, 5) is 29.0. The zero-order valence-electron chi connectivity index (χ0n) is 27.3. The Labute approximate surface area is 274 Å². The molecule has 1 amide bonds. The normalized spacial score (nSPS) is 30.6. The molecule has 3 aromatic rings. The van der Waals surface area contributed by atoms with E-state index in [2.05, 4.69) is 27.0 Å². The van der Waals surface area contributed by atoms with Gasteiger partial charge < -0.3 is 25.0 Å². The summed E-state index contributed by atoms with van der Waals surface area (Å²) >= 11 is 0. The first-order valence-corrected chi connectivity index (χ1v) is 17.2. The molecule has 2 N–H and O–H groups in total. The Hall–Kier alpha value is -3.77. The minimum absolute atomic E-state index is 0.111. The molecular weight excluding hydrogens is 599 g/mol. The van der Waals surface area contributed by atoms with Gasteiger partial charge in [-0.15, -0.1) is 0 Å². The van der Waals surface area contributed by atoms with Crippen LogP contribution in [-0.4, -0.2) is 87.5 Å². The lowest BCUT2D eigenvalue weighted by atomic mass is 9.74. The number of rotatable bonds is 5. The van der Waals surface area contributed by atoms with Crippen LogP contribution in [0.4, 0.5) is 15.9 Å². The van der Waals surface area contributed by atoms with Gasteiger partial charge in [0.05, 0.1) is 35.7 Å². The Balaban J connectivity index is 1.09. The number of carbonyl (C=O) groups excluding carboxylic acids is 1. The fourth-order valence-electron chi connectivity index (χ4n) is 9.25. The van der Waals surface area contributed by atoms with E-state index < -0.39 is 11.8 Å². The van der Waals surface area contributed by atoms with E-state index in [4.69, 9.17) is 25.2 Å². The van der Waals surface area contributed by atoms with Crippen LogP contribution in [0.25, 0.3) is 0 Å². The smallest absolute Gasteiger partial charge is 0.318 e. The monoisotopic (exact) mass is 642 g/mol. The number of nitrogens with two attached hydrogens (primary N) is 1. The van der Waals surface area contributed by atoms with Gasteiger partial charge in [0.15, 0.2) is 5.69 Å². The molecule has 1 spiro atoms. The Morgan fingerprint density at radius 1 is 1.17 bits per heavy atom. The molecule has 248 valence electrons. The predicted molar refractivity (Wildman–Crippen MR) is 173 cm³/mol. The van der Waals surface area contributed by atoms with Crippen LogP contribution in [0.5, 0.6) is 6.01 Å². The molecular formula is C35H43FN8O3. The van der Waals surface area contributed by atoms with E-state index in [-0.39, 0.29) is 11.4 Å². The summed E-state index contributed by atoms with van der Waals surface area (Å²) in [6.45, 7) is 4.17. The van der Waals surface area contributed by atoms with Gasteiger partial charge in [-0.25, -0.2) is 4.39 Å². The molecule has 1 saturated carbocycles. The van der Waals surface area contributed by atoms with E-state index in [9.17, 15) is 9.18 Å². The molecule has 6 aliphatic rings. The van der Waals surface area contributed by atoms with Crippen molar-refractivity contribution in [2.24, 2.45) is 5.92 Å². The zero-order chi connectivity index (χ0) is 32.1. The molecule has 2 saturated heterocycles. The first kappa shape index (κ1) is 29.4. The fourth-order valence-corrected chi connectivity index (χ4v) is 9.25. The maximum Gasteiger partial charge on any atom is 0.318 e. The molecule has 11 nitrogen and oxygen atoms in total. The molecule has 3 fully saturated rings. The molecule has 12 heteroatoms. The number of aryl methyl sites for hydroxylation is 1. The third kappa shape index (κ3) is 4.81. The number of aromatic nitrogens is 4. The third-order valence-corrected chi connectivity index (χ3v) is 11.6. The predicted octanol–water partition coefficient (Wildman–Crippen LogP) is 3.80. The summed E-state index contributed by atoms with van der Waals surface area (Å²) in [5.41, 5.74) is 12.2. The van der Waals surface area contributed by atoms with Crippen LogP contribution in [0.15, 0.2) is 24.3 Å². The van der Waals surface area contributed by atoms with Crippen LogP contribution in [0.2, 0.25) is 0 Å². The van der Waals surface area contributed by atoms with Crippen LogP contribution < -0.4 is 15.4 Å². The van der Waals surface area contributed by atoms with Crippen molar-refractivity contribution in [2.45, 2.75) is 87.9 Å². The quantitative estimate of drug-likeness (QED) is 0.415. The average molecular weight is 643 g/mol. The molecule has 9 rings (SSSR count). The topological polar surface area (TPSA) is 115 Å². The maximum absolute atomic E-state index is 14.6. The summed E-state index contributed by atoms with van der Waals surface area (Å²) in [5, 5.41) is 4.64. The highest BCUT2D eigenvalue weighted by molar-refractivity contribution is 5.92. The number of hydrogen-bond donors (Lipinski definition) is 1. The van der Waals surface area contributed by atoms with Crippen molar-refractivity contribution >= 4 is 17.4 Å². The molecule has 0 radical (unpaired) electrons. The maximum atomic E-state index is 14.6. The number of benzene rings is 1. The number of ether oxygens (including phenoxy) is 2. The standard InChI is InChI=1S/C35H43FN8O3/c1-41(2)32(45)29-13-24-18-42(8-4-10-44(24)40-29)31-27-19-47-35(14-21-11-26(21)25-6-5-23(37)12-28(25)35)16-30(27)38-33(39-31)46-20-34-7-3-9-43(34)17-22(36)15-34/h5-6,12-13,21-22,26H,3-4,7-11,14-20,37H2,1-2H3/t21?,22-,26?,34+,35?/m1/s1. The third-order valence-electron chi connectivity index (χ3n) is 11.6. The first-order valence-electron chi connectivity index (χ1n) is 17.2. The minimum Gasteiger partial charge on any atom is -0.461 e. The van der Waals surface area contributed by atoms with E-state index in [1.54, 1.807) is 19.0 Å². The second-order valence-electron chi connectivity index (χ2n) is 15.0. The molecule has 1 aromatic carbocycles. The number of anilines is 2. The molecule has 2 aliphatic carbocycles. The van der Waals surface area contributed by atoms with E-state index in [1.807, 2.05) is 16.8 Å². The van der Waals surface area contributed by atoms with Gasteiger partial charge >= 0.3 is 6.01 Å². The molecule has 0 bridgehead atoms. The number of carbonyl (C=O) groups is 1. The van der Waals surface area contributed by atoms with E-state index in [0.717, 1.165) is 67.2 Å². The van der Waals surface area contributed by atoms with Crippen LogP contribution in [-0.2, 0) is 36.5 Å². The van der Waals surface area contributed by atoms with Crippen molar-refractivity contribution in [3.8, 4) is 6.01 Å². The molecule has 2 aromatic heterocycles. The fraction of sp³-hybridized carbons (Fsp3) is 0.600. The Morgan fingerprint density at radius 2 is 2.06 bits per heavy atom. The van der Waals surface area contributed by atoms with Crippen molar-refractivity contribution in [3.05, 3.63) is 58.0 Å². The number of amides is 1. The second kappa shape index (κ2) is 10.6. The van der Waals surface area contributed by atoms with Gasteiger partial charge in [-0.05, 0) is 79.8 Å². The summed E-state index contributed by atoms with van der Waals surface area (Å²) in [6, 6.07) is 8.55. The lowest BCUT2D eigenvalue weighted by Crippen LogP contribution is -2.44. The van der Waals surface area contributed by atoms with Gasteiger partial charge in [0, 0.05) is 57.8 Å². The molecule has 6 heterocycles. The van der Waals surface area contributed by atoms with Crippen molar-refractivity contribution in [1.82, 2.24) is 29.5 Å². The minimum atomic E-state index is -0.827. The van der Waals surface area contributed by atoms with Gasteiger partial charge in [0.25, 0.3) is 5.91 Å². The second-order valence-corrected chi connectivity index (χ2v) is 15.0. The highest BCUT2D eigenvalue weighted by atomic mass is 19.1. The summed E-state index contributed by atoms with van der Waals surface area (Å²) in [5.74, 6) is 1.89. The van der Waals surface area contributed by atoms with Gasteiger partial charge in [0.2, 0.25) is 0 Å². The highest BCUT2D eigenvalue weighted by Gasteiger charge is 2.55. The van der Waals surface area contributed by atoms with E-state index in [1.165, 1.54) is 17.5 Å². The largest absolute Gasteiger partial charge is 0.461 e. The number of halogens is 1. The lowest BCUT2D eigenvalue weighted by Gasteiger charge is -2.43. The van der Waals surface area contributed by atoms with Crippen molar-refractivity contribution in [2.75, 3.05) is 51.0 Å². The van der Waals surface area contributed by atoms with Crippen molar-refractivity contribution in [1.29, 1.82) is 0 Å². The van der Waals surface area contributed by atoms with Crippen molar-refractivity contribution in [3.63, 3.8) is 0 Å². The van der Waals surface area contributed by atoms with E-state index in [0.29, 0.717) is 69.2 Å². The number of nitrogen functional groups attached to an aromatic ring is 1. The summed E-state index contributed by atoms with van der Waals surface area (Å²) in [6.07, 6.45) is 5.24. The van der Waals surface area contributed by atoms with Crippen molar-refractivity contribution < 1.29 is 18.7 Å². The van der Waals surface area contributed by atoms with Gasteiger partial charge in [-0.2, -0.15) is 15.1 Å². The first-order chi connectivity index (χ1) is 22.7. The van der Waals surface area contributed by atoms with Gasteiger partial charge in [0.1, 0.15) is 18.6 Å². The number of fused-ring (bicyclic) bond motifs is 7. The number of hydrogen-bond acceptors (Lipinski definition) is 9.